The third-order valence-corrected chi connectivity index (χ3v) is 3.38. The Morgan fingerprint density at radius 3 is 3.06 bits per heavy atom. The fraction of sp³-hybridized carbons (Fsp3) is 0.667. The minimum absolute atomic E-state index is 0.200. The smallest absolute Gasteiger partial charge is 0.0753 e. The number of hydrogen-bond donors (Lipinski definition) is 2. The molecule has 88 valence electrons. The zero-order valence-electron chi connectivity index (χ0n) is 9.63. The first-order chi connectivity index (χ1) is 7.81. The average Bonchev–Trinajstić information content (AvgIpc) is 2.77. The van der Waals surface area contributed by atoms with E-state index in [1.807, 2.05) is 0 Å². The minimum atomic E-state index is 0.200. The molecule has 1 aromatic rings. The van der Waals surface area contributed by atoms with Crippen molar-refractivity contribution in [3.63, 3.8) is 0 Å². The quantitative estimate of drug-likeness (QED) is 0.804. The van der Waals surface area contributed by atoms with Crippen molar-refractivity contribution in [2.24, 2.45) is 5.92 Å². The normalized spacial score (nSPS) is 26.9. The highest BCUT2D eigenvalue weighted by Gasteiger charge is 2.27. The summed E-state index contributed by atoms with van der Waals surface area (Å²) in [4.78, 5) is 8.35. The molecule has 1 heterocycles. The van der Waals surface area contributed by atoms with Gasteiger partial charge in [0.1, 0.15) is 0 Å². The van der Waals surface area contributed by atoms with E-state index in [0.29, 0.717) is 12.0 Å². The fourth-order valence-electron chi connectivity index (χ4n) is 2.42. The molecule has 1 saturated carbocycles. The van der Waals surface area contributed by atoms with E-state index in [1.54, 1.807) is 18.6 Å². The average molecular weight is 221 g/mol. The Labute approximate surface area is 96.1 Å². The predicted molar refractivity (Wildman–Crippen MR) is 61.8 cm³/mol. The number of nitrogens with one attached hydrogen (secondary N) is 1. The maximum atomic E-state index is 9.25. The van der Waals surface area contributed by atoms with Crippen LogP contribution in [-0.4, -0.2) is 27.7 Å². The van der Waals surface area contributed by atoms with Crippen molar-refractivity contribution < 1.29 is 5.11 Å². The SMILES string of the molecule is CC(NC1CCCC1CO)c1cnccn1. The van der Waals surface area contributed by atoms with Gasteiger partial charge in [-0.1, -0.05) is 6.42 Å². The van der Waals surface area contributed by atoms with Crippen LogP contribution in [0.15, 0.2) is 18.6 Å². The van der Waals surface area contributed by atoms with Crippen molar-refractivity contribution in [3.05, 3.63) is 24.3 Å². The van der Waals surface area contributed by atoms with Crippen LogP contribution < -0.4 is 5.32 Å². The molecular formula is C12H19N3O. The van der Waals surface area contributed by atoms with Crippen LogP contribution in [0.5, 0.6) is 0 Å². The number of aliphatic hydroxyl groups is 1. The molecule has 4 nitrogen and oxygen atoms in total. The molecule has 0 amide bonds. The maximum absolute atomic E-state index is 9.25. The van der Waals surface area contributed by atoms with Crippen molar-refractivity contribution in [2.75, 3.05) is 6.61 Å². The van der Waals surface area contributed by atoms with Gasteiger partial charge in [-0.25, -0.2) is 0 Å². The summed E-state index contributed by atoms with van der Waals surface area (Å²) in [6.45, 7) is 2.38. The van der Waals surface area contributed by atoms with Gasteiger partial charge < -0.3 is 10.4 Å². The Bertz CT molecular complexity index is 317. The highest BCUT2D eigenvalue weighted by Crippen LogP contribution is 2.26. The lowest BCUT2D eigenvalue weighted by molar-refractivity contribution is 0.200. The third kappa shape index (κ3) is 2.57. The maximum Gasteiger partial charge on any atom is 0.0753 e. The van der Waals surface area contributed by atoms with Crippen LogP contribution in [0.4, 0.5) is 0 Å². The fourth-order valence-corrected chi connectivity index (χ4v) is 2.42. The summed E-state index contributed by atoms with van der Waals surface area (Å²) in [5.74, 6) is 0.402. The second kappa shape index (κ2) is 5.37. The summed E-state index contributed by atoms with van der Waals surface area (Å²) in [6, 6.07) is 0.618. The van der Waals surface area contributed by atoms with E-state index in [0.717, 1.165) is 18.5 Å². The van der Waals surface area contributed by atoms with Gasteiger partial charge >= 0.3 is 0 Å². The molecule has 16 heavy (non-hydrogen) atoms. The summed E-state index contributed by atoms with van der Waals surface area (Å²) in [6.07, 6.45) is 8.67. The molecule has 0 aromatic carbocycles. The molecule has 4 heteroatoms. The van der Waals surface area contributed by atoms with Crippen LogP contribution in [0.25, 0.3) is 0 Å². The summed E-state index contributed by atoms with van der Waals surface area (Å²) >= 11 is 0. The highest BCUT2D eigenvalue weighted by atomic mass is 16.3. The summed E-state index contributed by atoms with van der Waals surface area (Å²) in [7, 11) is 0. The molecule has 0 radical (unpaired) electrons. The van der Waals surface area contributed by atoms with Crippen LogP contribution in [-0.2, 0) is 0 Å². The van der Waals surface area contributed by atoms with Crippen LogP contribution in [0.3, 0.4) is 0 Å². The molecule has 3 unspecified atom stereocenters. The van der Waals surface area contributed by atoms with E-state index in [1.165, 1.54) is 6.42 Å². The van der Waals surface area contributed by atoms with E-state index in [2.05, 4.69) is 22.2 Å². The first-order valence-corrected chi connectivity index (χ1v) is 5.94. The molecule has 1 aliphatic rings. The molecular weight excluding hydrogens is 202 g/mol. The van der Waals surface area contributed by atoms with Crippen LogP contribution in [0.1, 0.15) is 37.9 Å². The van der Waals surface area contributed by atoms with Crippen LogP contribution >= 0.6 is 0 Å². The lowest BCUT2D eigenvalue weighted by atomic mass is 10.0. The van der Waals surface area contributed by atoms with Gasteiger partial charge in [-0.15, -0.1) is 0 Å². The summed E-state index contributed by atoms with van der Waals surface area (Å²) in [5, 5.41) is 12.8. The zero-order valence-corrected chi connectivity index (χ0v) is 9.63. The Kier molecular flexibility index (Phi) is 3.85. The Balaban J connectivity index is 1.94. The molecule has 0 bridgehead atoms. The highest BCUT2D eigenvalue weighted by molar-refractivity contribution is 5.02. The molecule has 3 atom stereocenters. The molecule has 0 aliphatic heterocycles. The molecule has 1 aliphatic carbocycles. The van der Waals surface area contributed by atoms with Gasteiger partial charge in [0, 0.05) is 37.3 Å². The molecule has 2 N–H and O–H groups in total. The van der Waals surface area contributed by atoms with Crippen molar-refractivity contribution in [3.8, 4) is 0 Å². The van der Waals surface area contributed by atoms with E-state index in [9.17, 15) is 5.11 Å². The van der Waals surface area contributed by atoms with E-state index >= 15 is 0 Å². The number of hydrogen-bond acceptors (Lipinski definition) is 4. The second-order valence-corrected chi connectivity index (χ2v) is 4.50. The molecule has 2 rings (SSSR count). The third-order valence-electron chi connectivity index (χ3n) is 3.38. The number of rotatable bonds is 4. The van der Waals surface area contributed by atoms with Crippen LogP contribution in [0.2, 0.25) is 0 Å². The van der Waals surface area contributed by atoms with Gasteiger partial charge in [0.25, 0.3) is 0 Å². The van der Waals surface area contributed by atoms with Crippen LogP contribution in [0, 0.1) is 5.92 Å². The van der Waals surface area contributed by atoms with Gasteiger partial charge in [0.05, 0.1) is 5.69 Å². The second-order valence-electron chi connectivity index (χ2n) is 4.50. The summed E-state index contributed by atoms with van der Waals surface area (Å²) in [5.41, 5.74) is 0.964. The van der Waals surface area contributed by atoms with Gasteiger partial charge in [0.15, 0.2) is 0 Å². The van der Waals surface area contributed by atoms with Gasteiger partial charge in [-0.3, -0.25) is 9.97 Å². The van der Waals surface area contributed by atoms with Crippen molar-refractivity contribution >= 4 is 0 Å². The first kappa shape index (κ1) is 11.5. The Hall–Kier alpha value is -1.00. The lowest BCUT2D eigenvalue weighted by Gasteiger charge is -2.23. The molecule has 0 saturated heterocycles. The molecule has 1 aromatic heterocycles. The van der Waals surface area contributed by atoms with E-state index in [-0.39, 0.29) is 12.6 Å². The predicted octanol–water partition coefficient (Wildman–Crippen LogP) is 1.29. The summed E-state index contributed by atoms with van der Waals surface area (Å²) < 4.78 is 0. The zero-order chi connectivity index (χ0) is 11.4. The Morgan fingerprint density at radius 1 is 1.50 bits per heavy atom. The standard InChI is InChI=1S/C12H19N3O/c1-9(12-7-13-5-6-14-12)15-11-4-2-3-10(11)8-16/h5-7,9-11,15-16H,2-4,8H2,1H3. The van der Waals surface area contributed by atoms with Crippen molar-refractivity contribution in [1.29, 1.82) is 0 Å². The number of aliphatic hydroxyl groups excluding tert-OH is 1. The van der Waals surface area contributed by atoms with Gasteiger partial charge in [0.2, 0.25) is 0 Å². The topological polar surface area (TPSA) is 58.0 Å². The van der Waals surface area contributed by atoms with Crippen molar-refractivity contribution in [1.82, 2.24) is 15.3 Å². The largest absolute Gasteiger partial charge is 0.396 e. The number of nitrogens with zero attached hydrogens (tertiary/aromatic N) is 2. The minimum Gasteiger partial charge on any atom is -0.396 e. The lowest BCUT2D eigenvalue weighted by Crippen LogP contribution is -2.36. The van der Waals surface area contributed by atoms with E-state index < -0.39 is 0 Å². The first-order valence-electron chi connectivity index (χ1n) is 5.94. The van der Waals surface area contributed by atoms with E-state index in [4.69, 9.17) is 0 Å². The van der Waals surface area contributed by atoms with Gasteiger partial charge in [-0.05, 0) is 25.7 Å². The molecule has 0 spiro atoms. The Morgan fingerprint density at radius 2 is 2.38 bits per heavy atom. The number of aromatic nitrogens is 2. The monoisotopic (exact) mass is 221 g/mol. The van der Waals surface area contributed by atoms with Crippen molar-refractivity contribution in [2.45, 2.75) is 38.3 Å². The molecule has 1 fully saturated rings. The van der Waals surface area contributed by atoms with Gasteiger partial charge in [-0.2, -0.15) is 0 Å².